The molecule has 0 unspecified atom stereocenters. The zero-order chi connectivity index (χ0) is 13.1. The van der Waals surface area contributed by atoms with Gasteiger partial charge in [0, 0.05) is 6.04 Å². The van der Waals surface area contributed by atoms with E-state index < -0.39 is 0 Å². The van der Waals surface area contributed by atoms with E-state index in [2.05, 4.69) is 15.3 Å². The van der Waals surface area contributed by atoms with Crippen molar-refractivity contribution in [2.24, 2.45) is 0 Å². The summed E-state index contributed by atoms with van der Waals surface area (Å²) in [6.07, 6.45) is 3.54. The summed E-state index contributed by atoms with van der Waals surface area (Å²) in [4.78, 5) is 8.67. The lowest BCUT2D eigenvalue weighted by Gasteiger charge is -2.27. The van der Waals surface area contributed by atoms with Crippen LogP contribution in [0.3, 0.4) is 0 Å². The third-order valence-corrected chi connectivity index (χ3v) is 3.44. The number of aryl methyl sites for hydroxylation is 1. The largest absolute Gasteiger partial charge is 0.481 e. The Morgan fingerprint density at radius 1 is 1.17 bits per heavy atom. The Morgan fingerprint density at radius 3 is 2.44 bits per heavy atom. The van der Waals surface area contributed by atoms with Gasteiger partial charge in [-0.2, -0.15) is 4.98 Å². The zero-order valence-electron chi connectivity index (χ0n) is 11.2. The third-order valence-electron chi connectivity index (χ3n) is 3.44. The number of nitrogens with one attached hydrogen (secondary N) is 1. The highest BCUT2D eigenvalue weighted by Crippen LogP contribution is 2.26. The van der Waals surface area contributed by atoms with Gasteiger partial charge in [0.1, 0.15) is 11.6 Å². The zero-order valence-corrected chi connectivity index (χ0v) is 11.2. The normalized spacial score (nSPS) is 23.8. The molecule has 0 bridgehead atoms. The molecule has 1 aliphatic carbocycles. The minimum absolute atomic E-state index is 0.134. The van der Waals surface area contributed by atoms with E-state index in [1.165, 1.54) is 0 Å². The summed E-state index contributed by atoms with van der Waals surface area (Å²) in [5, 5.41) is 12.9. The summed E-state index contributed by atoms with van der Waals surface area (Å²) in [5.74, 6) is 2.18. The maximum Gasteiger partial charge on any atom is 0.221 e. The first-order chi connectivity index (χ1) is 8.60. The smallest absolute Gasteiger partial charge is 0.221 e. The molecule has 1 aromatic heterocycles. The number of aliphatic hydroxyl groups is 1. The molecule has 0 amide bonds. The molecule has 1 fully saturated rings. The molecule has 2 rings (SSSR count). The van der Waals surface area contributed by atoms with Crippen LogP contribution in [0.25, 0.3) is 0 Å². The molecular formula is C13H21N3O2. The Morgan fingerprint density at radius 2 is 1.83 bits per heavy atom. The first kappa shape index (κ1) is 13.1. The third kappa shape index (κ3) is 2.90. The summed E-state index contributed by atoms with van der Waals surface area (Å²) >= 11 is 0. The highest BCUT2D eigenvalue weighted by Gasteiger charge is 2.21. The molecule has 1 aromatic rings. The molecule has 0 radical (unpaired) electrons. The van der Waals surface area contributed by atoms with Crippen LogP contribution in [-0.2, 0) is 0 Å². The van der Waals surface area contributed by atoms with Gasteiger partial charge >= 0.3 is 0 Å². The fraction of sp³-hybridized carbons (Fsp3) is 0.692. The van der Waals surface area contributed by atoms with Gasteiger partial charge < -0.3 is 15.2 Å². The molecule has 1 aliphatic rings. The Balaban J connectivity index is 2.11. The number of aromatic nitrogens is 2. The van der Waals surface area contributed by atoms with E-state index in [1.807, 2.05) is 13.8 Å². The molecule has 100 valence electrons. The van der Waals surface area contributed by atoms with Crippen LogP contribution in [0.2, 0.25) is 0 Å². The maximum absolute atomic E-state index is 9.50. The van der Waals surface area contributed by atoms with Crippen LogP contribution < -0.4 is 10.1 Å². The monoisotopic (exact) mass is 251 g/mol. The molecular weight excluding hydrogens is 230 g/mol. The van der Waals surface area contributed by atoms with Crippen molar-refractivity contribution in [1.82, 2.24) is 9.97 Å². The van der Waals surface area contributed by atoms with Crippen LogP contribution in [0.4, 0.5) is 5.82 Å². The van der Waals surface area contributed by atoms with Crippen molar-refractivity contribution in [2.75, 3.05) is 12.4 Å². The Labute approximate surface area is 108 Å². The van der Waals surface area contributed by atoms with Crippen LogP contribution in [0.15, 0.2) is 0 Å². The summed E-state index contributed by atoms with van der Waals surface area (Å²) in [7, 11) is 1.62. The standard InChI is InChI=1S/C13H21N3O2/c1-8-12(14-9(2)15-13(8)18-3)16-10-4-6-11(17)7-5-10/h10-11,17H,4-7H2,1-3H3,(H,14,15,16). The first-order valence-electron chi connectivity index (χ1n) is 6.44. The Kier molecular flexibility index (Phi) is 4.01. The lowest BCUT2D eigenvalue weighted by Crippen LogP contribution is -2.29. The van der Waals surface area contributed by atoms with Gasteiger partial charge in [-0.05, 0) is 39.5 Å². The van der Waals surface area contributed by atoms with Gasteiger partial charge in [0.2, 0.25) is 5.88 Å². The SMILES string of the molecule is COc1nc(C)nc(NC2CCC(O)CC2)c1C. The van der Waals surface area contributed by atoms with Crippen LogP contribution in [-0.4, -0.2) is 34.3 Å². The summed E-state index contributed by atoms with van der Waals surface area (Å²) in [6, 6.07) is 0.381. The number of rotatable bonds is 3. The molecule has 0 aliphatic heterocycles. The van der Waals surface area contributed by atoms with Gasteiger partial charge in [0.15, 0.2) is 0 Å². The highest BCUT2D eigenvalue weighted by molar-refractivity contribution is 5.49. The van der Waals surface area contributed by atoms with Gasteiger partial charge in [0.05, 0.1) is 18.8 Å². The van der Waals surface area contributed by atoms with Gasteiger partial charge in [-0.15, -0.1) is 0 Å². The number of ether oxygens (including phenoxy) is 1. The van der Waals surface area contributed by atoms with E-state index in [9.17, 15) is 5.11 Å². The molecule has 0 aromatic carbocycles. The Hall–Kier alpha value is -1.36. The lowest BCUT2D eigenvalue weighted by molar-refractivity contribution is 0.126. The predicted octanol–water partition coefficient (Wildman–Crippen LogP) is 1.82. The minimum atomic E-state index is -0.134. The molecule has 1 saturated carbocycles. The van der Waals surface area contributed by atoms with Gasteiger partial charge in [-0.25, -0.2) is 4.98 Å². The first-order valence-corrected chi connectivity index (χ1v) is 6.44. The van der Waals surface area contributed by atoms with E-state index in [0.29, 0.717) is 17.7 Å². The number of anilines is 1. The van der Waals surface area contributed by atoms with Crippen molar-refractivity contribution in [3.8, 4) is 5.88 Å². The average molecular weight is 251 g/mol. The van der Waals surface area contributed by atoms with Crippen LogP contribution in [0.1, 0.15) is 37.1 Å². The van der Waals surface area contributed by atoms with Crippen molar-refractivity contribution < 1.29 is 9.84 Å². The molecule has 0 saturated heterocycles. The molecule has 1 heterocycles. The average Bonchev–Trinajstić information content (AvgIpc) is 2.36. The molecule has 5 nitrogen and oxygen atoms in total. The summed E-state index contributed by atoms with van der Waals surface area (Å²) in [6.45, 7) is 3.82. The van der Waals surface area contributed by atoms with Gasteiger partial charge in [0.25, 0.3) is 0 Å². The minimum Gasteiger partial charge on any atom is -0.481 e. The van der Waals surface area contributed by atoms with Crippen LogP contribution in [0, 0.1) is 13.8 Å². The number of hydrogen-bond acceptors (Lipinski definition) is 5. The van der Waals surface area contributed by atoms with Gasteiger partial charge in [-0.1, -0.05) is 0 Å². The van der Waals surface area contributed by atoms with Crippen molar-refractivity contribution in [1.29, 1.82) is 0 Å². The topological polar surface area (TPSA) is 67.3 Å². The van der Waals surface area contributed by atoms with Crippen LogP contribution >= 0.6 is 0 Å². The second-order valence-electron chi connectivity index (χ2n) is 4.90. The maximum atomic E-state index is 9.50. The van der Waals surface area contributed by atoms with E-state index in [-0.39, 0.29) is 6.10 Å². The van der Waals surface area contributed by atoms with E-state index >= 15 is 0 Å². The fourth-order valence-electron chi connectivity index (χ4n) is 2.36. The number of nitrogens with zero attached hydrogens (tertiary/aromatic N) is 2. The quantitative estimate of drug-likeness (QED) is 0.857. The van der Waals surface area contributed by atoms with Crippen molar-refractivity contribution in [3.05, 3.63) is 11.4 Å². The van der Waals surface area contributed by atoms with E-state index in [1.54, 1.807) is 7.11 Å². The summed E-state index contributed by atoms with van der Waals surface area (Å²) in [5.41, 5.74) is 0.939. The van der Waals surface area contributed by atoms with Crippen LogP contribution in [0.5, 0.6) is 5.88 Å². The molecule has 18 heavy (non-hydrogen) atoms. The second-order valence-corrected chi connectivity index (χ2v) is 4.90. The van der Waals surface area contributed by atoms with E-state index in [0.717, 1.165) is 37.1 Å². The van der Waals surface area contributed by atoms with E-state index in [4.69, 9.17) is 4.74 Å². The van der Waals surface area contributed by atoms with Crippen molar-refractivity contribution in [3.63, 3.8) is 0 Å². The van der Waals surface area contributed by atoms with Crippen molar-refractivity contribution in [2.45, 2.75) is 51.7 Å². The lowest BCUT2D eigenvalue weighted by atomic mass is 9.93. The Bertz CT molecular complexity index is 415. The van der Waals surface area contributed by atoms with Gasteiger partial charge in [-0.3, -0.25) is 0 Å². The highest BCUT2D eigenvalue weighted by atomic mass is 16.5. The fourth-order valence-corrected chi connectivity index (χ4v) is 2.36. The number of aliphatic hydroxyl groups excluding tert-OH is 1. The summed E-state index contributed by atoms with van der Waals surface area (Å²) < 4.78 is 5.24. The molecule has 5 heteroatoms. The second kappa shape index (κ2) is 5.52. The molecule has 0 atom stereocenters. The predicted molar refractivity (Wildman–Crippen MR) is 69.9 cm³/mol. The molecule has 0 spiro atoms. The van der Waals surface area contributed by atoms with Crippen molar-refractivity contribution >= 4 is 5.82 Å². The number of hydrogen-bond donors (Lipinski definition) is 2. The number of methoxy groups -OCH3 is 1. The molecule has 2 N–H and O–H groups in total.